The maximum Gasteiger partial charge on any atom is 0.295 e. The minimum Gasteiger partial charge on any atom is -0.507 e. The second-order valence-electron chi connectivity index (χ2n) is 7.74. The second kappa shape index (κ2) is 9.92. The van der Waals surface area contributed by atoms with Crippen LogP contribution in [0.15, 0.2) is 84.4 Å². The molecule has 0 bridgehead atoms. The predicted octanol–water partition coefficient (Wildman–Crippen LogP) is 5.40. The van der Waals surface area contributed by atoms with Crippen LogP contribution in [-0.4, -0.2) is 34.8 Å². The van der Waals surface area contributed by atoms with Gasteiger partial charge in [-0.15, -0.1) is 0 Å². The first-order chi connectivity index (χ1) is 16.0. The van der Waals surface area contributed by atoms with E-state index in [0.29, 0.717) is 41.5 Å². The summed E-state index contributed by atoms with van der Waals surface area (Å²) >= 11 is 6.23. The number of rotatable bonds is 7. The maximum atomic E-state index is 13.1. The van der Waals surface area contributed by atoms with Gasteiger partial charge in [-0.25, -0.2) is 0 Å². The molecule has 168 valence electrons. The summed E-state index contributed by atoms with van der Waals surface area (Å²) < 4.78 is 5.53. The van der Waals surface area contributed by atoms with E-state index in [9.17, 15) is 14.7 Å². The number of aliphatic hydroxyl groups is 1. The summed E-state index contributed by atoms with van der Waals surface area (Å²) in [5, 5.41) is 11.7. The Morgan fingerprint density at radius 1 is 1.00 bits per heavy atom. The molecule has 1 N–H and O–H groups in total. The summed E-state index contributed by atoms with van der Waals surface area (Å²) in [6.07, 6.45) is 0.574. The number of carbonyl (C=O) groups excluding carboxylic acids is 2. The molecule has 1 atom stereocenters. The van der Waals surface area contributed by atoms with Gasteiger partial charge in [-0.05, 0) is 48.7 Å². The molecule has 4 rings (SSSR count). The van der Waals surface area contributed by atoms with E-state index in [0.717, 1.165) is 5.56 Å². The Balaban J connectivity index is 1.79. The van der Waals surface area contributed by atoms with Gasteiger partial charge in [0.1, 0.15) is 11.5 Å². The van der Waals surface area contributed by atoms with E-state index in [1.165, 1.54) is 4.90 Å². The number of Topliss-reactive ketones (excluding diaryl/α,β-unsaturated/α-hetero) is 1. The van der Waals surface area contributed by atoms with Crippen LogP contribution in [-0.2, 0) is 16.0 Å². The average molecular weight is 462 g/mol. The molecule has 1 aliphatic rings. The molecule has 0 aromatic heterocycles. The van der Waals surface area contributed by atoms with Crippen molar-refractivity contribution in [1.29, 1.82) is 0 Å². The first-order valence-electron chi connectivity index (χ1n) is 10.8. The van der Waals surface area contributed by atoms with Crippen LogP contribution in [0.4, 0.5) is 0 Å². The van der Waals surface area contributed by atoms with Crippen molar-refractivity contribution in [3.63, 3.8) is 0 Å². The zero-order valence-corrected chi connectivity index (χ0v) is 19.0. The zero-order valence-electron chi connectivity index (χ0n) is 18.2. The number of amides is 1. The molecular formula is C27H24ClNO4. The van der Waals surface area contributed by atoms with Gasteiger partial charge in [-0.1, -0.05) is 66.2 Å². The maximum absolute atomic E-state index is 13.1. The largest absolute Gasteiger partial charge is 0.507 e. The van der Waals surface area contributed by atoms with Gasteiger partial charge >= 0.3 is 0 Å². The van der Waals surface area contributed by atoms with Gasteiger partial charge in [0.15, 0.2) is 0 Å². The Morgan fingerprint density at radius 2 is 1.76 bits per heavy atom. The molecule has 1 aliphatic heterocycles. The molecule has 0 radical (unpaired) electrons. The van der Waals surface area contributed by atoms with E-state index in [-0.39, 0.29) is 11.3 Å². The Bertz CT molecular complexity index is 1210. The summed E-state index contributed by atoms with van der Waals surface area (Å²) in [5.41, 5.74) is 2.17. The van der Waals surface area contributed by atoms with E-state index in [4.69, 9.17) is 16.3 Å². The number of hydrogen-bond acceptors (Lipinski definition) is 4. The number of ketones is 1. The highest BCUT2D eigenvalue weighted by molar-refractivity contribution is 6.46. The summed E-state index contributed by atoms with van der Waals surface area (Å²) in [6.45, 7) is 2.65. The van der Waals surface area contributed by atoms with Crippen molar-refractivity contribution in [2.24, 2.45) is 0 Å². The van der Waals surface area contributed by atoms with Crippen LogP contribution >= 0.6 is 11.6 Å². The van der Waals surface area contributed by atoms with Crippen molar-refractivity contribution in [2.75, 3.05) is 13.2 Å². The highest BCUT2D eigenvalue weighted by Crippen LogP contribution is 2.40. The predicted molar refractivity (Wildman–Crippen MR) is 128 cm³/mol. The molecule has 3 aromatic carbocycles. The Hall–Kier alpha value is -3.57. The highest BCUT2D eigenvalue weighted by Gasteiger charge is 2.45. The molecule has 3 aromatic rings. The van der Waals surface area contributed by atoms with Gasteiger partial charge in [0.2, 0.25) is 0 Å². The van der Waals surface area contributed by atoms with Crippen LogP contribution in [0.25, 0.3) is 5.76 Å². The van der Waals surface area contributed by atoms with Gasteiger partial charge < -0.3 is 14.7 Å². The first kappa shape index (κ1) is 22.6. The fourth-order valence-electron chi connectivity index (χ4n) is 4.08. The molecular weight excluding hydrogens is 438 g/mol. The lowest BCUT2D eigenvalue weighted by molar-refractivity contribution is -0.139. The fraction of sp³-hybridized carbons (Fsp3) is 0.185. The quantitative estimate of drug-likeness (QED) is 0.290. The molecule has 6 heteroatoms. The van der Waals surface area contributed by atoms with E-state index in [1.54, 1.807) is 42.5 Å². The first-order valence-corrected chi connectivity index (χ1v) is 11.2. The summed E-state index contributed by atoms with van der Waals surface area (Å²) in [7, 11) is 0. The number of likely N-dealkylation sites (tertiary alicyclic amines) is 1. The lowest BCUT2D eigenvalue weighted by atomic mass is 9.95. The minimum absolute atomic E-state index is 0.0453. The zero-order chi connectivity index (χ0) is 23.4. The van der Waals surface area contributed by atoms with Crippen molar-refractivity contribution in [3.05, 3.63) is 106 Å². The Morgan fingerprint density at radius 3 is 2.48 bits per heavy atom. The number of nitrogens with zero attached hydrogens (tertiary/aromatic N) is 1. The van der Waals surface area contributed by atoms with Gasteiger partial charge in [0, 0.05) is 17.1 Å². The number of halogens is 1. The molecule has 1 fully saturated rings. The van der Waals surface area contributed by atoms with Crippen molar-refractivity contribution >= 4 is 29.1 Å². The normalized spacial score (nSPS) is 17.4. The van der Waals surface area contributed by atoms with Gasteiger partial charge in [0.05, 0.1) is 18.2 Å². The number of benzene rings is 3. The summed E-state index contributed by atoms with van der Waals surface area (Å²) in [4.78, 5) is 27.7. The van der Waals surface area contributed by atoms with Crippen LogP contribution in [0.5, 0.6) is 5.75 Å². The molecule has 1 unspecified atom stereocenters. The van der Waals surface area contributed by atoms with Crippen LogP contribution < -0.4 is 4.74 Å². The monoisotopic (exact) mass is 461 g/mol. The van der Waals surface area contributed by atoms with Gasteiger partial charge in [-0.2, -0.15) is 0 Å². The third-order valence-electron chi connectivity index (χ3n) is 5.61. The number of ether oxygens (including phenoxy) is 1. The van der Waals surface area contributed by atoms with Gasteiger partial charge in [0.25, 0.3) is 11.7 Å². The SMILES string of the molecule is CCOc1cccc(/C(O)=C2\C(=O)C(=O)N(CCc3ccccc3)C2c2cccc(Cl)c2)c1. The molecule has 0 spiro atoms. The van der Waals surface area contributed by atoms with Crippen LogP contribution in [0.2, 0.25) is 5.02 Å². The van der Waals surface area contributed by atoms with E-state index >= 15 is 0 Å². The standard InChI is InChI=1S/C27H24ClNO4/c1-2-33-22-13-7-11-20(17-22)25(30)23-24(19-10-6-12-21(28)16-19)29(27(32)26(23)31)15-14-18-8-4-3-5-9-18/h3-13,16-17,24,30H,2,14-15H2,1H3/b25-23+. The number of hydrogen-bond donors (Lipinski definition) is 1. The molecule has 1 saturated heterocycles. The van der Waals surface area contributed by atoms with E-state index < -0.39 is 17.7 Å². The molecule has 0 aliphatic carbocycles. The molecule has 0 saturated carbocycles. The lowest BCUT2D eigenvalue weighted by Crippen LogP contribution is -2.31. The van der Waals surface area contributed by atoms with Crippen molar-refractivity contribution in [2.45, 2.75) is 19.4 Å². The van der Waals surface area contributed by atoms with Gasteiger partial charge in [-0.3, -0.25) is 9.59 Å². The average Bonchev–Trinajstić information content (AvgIpc) is 3.08. The van der Waals surface area contributed by atoms with Crippen LogP contribution in [0, 0.1) is 0 Å². The van der Waals surface area contributed by atoms with Crippen molar-refractivity contribution < 1.29 is 19.4 Å². The number of carbonyl (C=O) groups is 2. The topological polar surface area (TPSA) is 66.8 Å². The number of aliphatic hydroxyl groups excluding tert-OH is 1. The van der Waals surface area contributed by atoms with Crippen molar-refractivity contribution in [3.8, 4) is 5.75 Å². The smallest absolute Gasteiger partial charge is 0.295 e. The fourth-order valence-corrected chi connectivity index (χ4v) is 4.28. The van der Waals surface area contributed by atoms with Crippen molar-refractivity contribution in [1.82, 2.24) is 4.90 Å². The Kier molecular flexibility index (Phi) is 6.80. The Labute approximate surface area is 197 Å². The van der Waals surface area contributed by atoms with E-state index in [2.05, 4.69) is 0 Å². The lowest BCUT2D eigenvalue weighted by Gasteiger charge is -2.25. The van der Waals surface area contributed by atoms with E-state index in [1.807, 2.05) is 43.3 Å². The molecule has 1 heterocycles. The third kappa shape index (κ3) is 4.78. The highest BCUT2D eigenvalue weighted by atomic mass is 35.5. The van der Waals surface area contributed by atoms with Crippen LogP contribution in [0.3, 0.4) is 0 Å². The molecule has 1 amide bonds. The van der Waals surface area contributed by atoms with Crippen LogP contribution in [0.1, 0.15) is 29.7 Å². The summed E-state index contributed by atoms with van der Waals surface area (Å²) in [5.74, 6) is -1.02. The third-order valence-corrected chi connectivity index (χ3v) is 5.84. The molecule has 5 nitrogen and oxygen atoms in total. The molecule has 33 heavy (non-hydrogen) atoms. The minimum atomic E-state index is -0.747. The second-order valence-corrected chi connectivity index (χ2v) is 8.18. The summed E-state index contributed by atoms with van der Waals surface area (Å²) in [6, 6.07) is 22.9.